The molecule has 1 aliphatic carbocycles. The molecule has 0 atom stereocenters. The Labute approximate surface area is 146 Å². The molecule has 0 bridgehead atoms. The standard InChI is InChI=1S/C17H15ClF3N3O/c1-9-7-11-13(22)3-2-4-14(11)24-16(9)23-10-5-6-15(12(18)8-10)25-17(19,20)21/h4-8H,2-3,22H2,1H3,(H,23,24). The lowest BCUT2D eigenvalue weighted by molar-refractivity contribution is -0.274. The maximum absolute atomic E-state index is 12.3. The van der Waals surface area contributed by atoms with Gasteiger partial charge in [-0.2, -0.15) is 0 Å². The number of ether oxygens (including phenoxy) is 1. The number of aromatic nitrogens is 1. The van der Waals surface area contributed by atoms with Gasteiger partial charge < -0.3 is 15.8 Å². The normalized spacial score (nSPS) is 13.9. The highest BCUT2D eigenvalue weighted by Gasteiger charge is 2.32. The molecule has 0 saturated heterocycles. The van der Waals surface area contributed by atoms with Crippen LogP contribution in [0.15, 0.2) is 24.3 Å². The molecule has 132 valence electrons. The number of nitrogens with zero attached hydrogens (tertiary/aromatic N) is 1. The third-order valence-electron chi connectivity index (χ3n) is 3.76. The van der Waals surface area contributed by atoms with Crippen LogP contribution in [0.2, 0.25) is 5.02 Å². The number of nitrogens with two attached hydrogens (primary N) is 1. The highest BCUT2D eigenvalue weighted by molar-refractivity contribution is 6.32. The van der Waals surface area contributed by atoms with E-state index in [4.69, 9.17) is 17.3 Å². The number of halogens is 4. The predicted molar refractivity (Wildman–Crippen MR) is 90.9 cm³/mol. The average molecular weight is 370 g/mol. The Morgan fingerprint density at radius 1 is 1.28 bits per heavy atom. The predicted octanol–water partition coefficient (Wildman–Crippen LogP) is 3.33. The molecule has 0 spiro atoms. The minimum Gasteiger partial charge on any atom is -0.404 e. The van der Waals surface area contributed by atoms with Gasteiger partial charge in [0.25, 0.3) is 0 Å². The molecule has 2 aromatic rings. The van der Waals surface area contributed by atoms with E-state index in [0.29, 0.717) is 11.5 Å². The molecule has 0 radical (unpaired) electrons. The number of anilines is 2. The second-order valence-electron chi connectivity index (χ2n) is 5.67. The molecule has 1 aromatic carbocycles. The van der Waals surface area contributed by atoms with Crippen LogP contribution in [0.5, 0.6) is 5.75 Å². The van der Waals surface area contributed by atoms with Crippen LogP contribution in [0, 0.1) is 6.92 Å². The zero-order valence-electron chi connectivity index (χ0n) is 13.2. The van der Waals surface area contributed by atoms with Crippen LogP contribution < -0.4 is 26.4 Å². The minimum absolute atomic E-state index is 0.151. The van der Waals surface area contributed by atoms with E-state index in [0.717, 1.165) is 40.7 Å². The molecule has 3 rings (SSSR count). The number of fused-ring (bicyclic) bond motifs is 1. The Morgan fingerprint density at radius 3 is 2.72 bits per heavy atom. The van der Waals surface area contributed by atoms with E-state index < -0.39 is 12.1 Å². The molecule has 0 saturated carbocycles. The Kier molecular flexibility index (Phi) is 4.51. The molecule has 3 N–H and O–H groups in total. The van der Waals surface area contributed by atoms with E-state index in [2.05, 4.69) is 15.0 Å². The summed E-state index contributed by atoms with van der Waals surface area (Å²) in [6.45, 7) is 1.88. The highest BCUT2D eigenvalue weighted by atomic mass is 35.5. The number of hydrogen-bond acceptors (Lipinski definition) is 4. The van der Waals surface area contributed by atoms with Crippen molar-refractivity contribution < 1.29 is 17.9 Å². The van der Waals surface area contributed by atoms with Crippen molar-refractivity contribution in [1.29, 1.82) is 0 Å². The zero-order valence-corrected chi connectivity index (χ0v) is 14.0. The first-order valence-electron chi connectivity index (χ1n) is 7.52. The Morgan fingerprint density at radius 2 is 2.04 bits per heavy atom. The van der Waals surface area contributed by atoms with Gasteiger partial charge in [-0.25, -0.2) is 4.98 Å². The quantitative estimate of drug-likeness (QED) is 0.871. The molecule has 0 fully saturated rings. The maximum Gasteiger partial charge on any atom is 0.573 e. The number of pyridine rings is 1. The largest absolute Gasteiger partial charge is 0.573 e. The van der Waals surface area contributed by atoms with Crippen LogP contribution in [-0.4, -0.2) is 11.3 Å². The first kappa shape index (κ1) is 17.4. The molecule has 0 aliphatic heterocycles. The molecular weight excluding hydrogens is 355 g/mol. The van der Waals surface area contributed by atoms with Gasteiger partial charge in [-0.1, -0.05) is 17.7 Å². The van der Waals surface area contributed by atoms with Crippen LogP contribution in [0.3, 0.4) is 0 Å². The van der Waals surface area contributed by atoms with Crippen LogP contribution in [0.1, 0.15) is 18.4 Å². The van der Waals surface area contributed by atoms with Gasteiger partial charge in [0.1, 0.15) is 11.6 Å². The van der Waals surface area contributed by atoms with Crippen LogP contribution >= 0.6 is 11.6 Å². The number of benzene rings is 1. The third kappa shape index (κ3) is 3.99. The number of rotatable bonds is 3. The number of nitrogens with one attached hydrogen (secondary N) is 1. The summed E-state index contributed by atoms with van der Waals surface area (Å²) in [4.78, 5) is 4.55. The molecule has 4 nitrogen and oxygen atoms in total. The average Bonchev–Trinajstić information content (AvgIpc) is 2.51. The first-order chi connectivity index (χ1) is 11.7. The van der Waals surface area contributed by atoms with Gasteiger partial charge in [0.05, 0.1) is 10.4 Å². The van der Waals surface area contributed by atoms with Gasteiger partial charge >= 0.3 is 6.36 Å². The Balaban J connectivity index is 1.91. The minimum atomic E-state index is -4.79. The summed E-state index contributed by atoms with van der Waals surface area (Å²) in [5.74, 6) is 0.135. The van der Waals surface area contributed by atoms with Crippen molar-refractivity contribution in [3.63, 3.8) is 0 Å². The van der Waals surface area contributed by atoms with Crippen molar-refractivity contribution in [2.75, 3.05) is 5.32 Å². The van der Waals surface area contributed by atoms with Gasteiger partial charge in [-0.3, -0.25) is 0 Å². The molecule has 1 heterocycles. The summed E-state index contributed by atoms with van der Waals surface area (Å²) in [5.41, 5.74) is 8.19. The first-order valence-corrected chi connectivity index (χ1v) is 7.89. The SMILES string of the molecule is Cc1cc2c(nc1Nc1ccc(OC(F)(F)F)c(Cl)c1)=CCCC=2N. The summed E-state index contributed by atoms with van der Waals surface area (Å²) in [5, 5.41) is 4.62. The summed E-state index contributed by atoms with van der Waals surface area (Å²) >= 11 is 5.86. The molecule has 8 heteroatoms. The fraction of sp³-hybridized carbons (Fsp3) is 0.235. The third-order valence-corrected chi connectivity index (χ3v) is 4.06. The van der Waals surface area contributed by atoms with Crippen LogP contribution in [0.4, 0.5) is 24.7 Å². The molecule has 1 aromatic heterocycles. The van der Waals surface area contributed by atoms with Gasteiger partial charge in [0, 0.05) is 16.6 Å². The van der Waals surface area contributed by atoms with E-state index >= 15 is 0 Å². The molecule has 25 heavy (non-hydrogen) atoms. The lowest BCUT2D eigenvalue weighted by Gasteiger charge is -2.14. The summed E-state index contributed by atoms with van der Waals surface area (Å²) in [6.07, 6.45) is -1.16. The number of hydrogen-bond donors (Lipinski definition) is 2. The molecule has 0 amide bonds. The number of alkyl halides is 3. The van der Waals surface area contributed by atoms with Gasteiger partial charge in [-0.05, 0) is 49.6 Å². The molecule has 1 aliphatic rings. The highest BCUT2D eigenvalue weighted by Crippen LogP contribution is 2.33. The monoisotopic (exact) mass is 369 g/mol. The Hall–Kier alpha value is -2.41. The Bertz CT molecular complexity index is 941. The smallest absolute Gasteiger partial charge is 0.404 e. The summed E-state index contributed by atoms with van der Waals surface area (Å²) < 4.78 is 40.7. The second kappa shape index (κ2) is 6.48. The molecular formula is C17H15ClF3N3O. The van der Waals surface area contributed by atoms with Gasteiger partial charge in [0.2, 0.25) is 0 Å². The van der Waals surface area contributed by atoms with E-state index in [-0.39, 0.29) is 5.02 Å². The lowest BCUT2D eigenvalue weighted by atomic mass is 10.1. The van der Waals surface area contributed by atoms with E-state index in [1.54, 1.807) is 0 Å². The zero-order chi connectivity index (χ0) is 18.2. The molecule has 0 unspecified atom stereocenters. The van der Waals surface area contributed by atoms with E-state index in [1.807, 2.05) is 19.1 Å². The van der Waals surface area contributed by atoms with Crippen LogP contribution in [-0.2, 0) is 0 Å². The topological polar surface area (TPSA) is 60.2 Å². The van der Waals surface area contributed by atoms with Crippen molar-refractivity contribution >= 4 is 34.9 Å². The van der Waals surface area contributed by atoms with E-state index in [9.17, 15) is 13.2 Å². The van der Waals surface area contributed by atoms with Crippen molar-refractivity contribution in [3.8, 4) is 5.75 Å². The summed E-state index contributed by atoms with van der Waals surface area (Å²) in [6, 6.07) is 5.90. The van der Waals surface area contributed by atoms with Gasteiger partial charge in [-0.15, -0.1) is 13.2 Å². The summed E-state index contributed by atoms with van der Waals surface area (Å²) in [7, 11) is 0. The van der Waals surface area contributed by atoms with Crippen molar-refractivity contribution in [3.05, 3.63) is 45.4 Å². The van der Waals surface area contributed by atoms with Crippen molar-refractivity contribution in [1.82, 2.24) is 4.98 Å². The van der Waals surface area contributed by atoms with Crippen molar-refractivity contribution in [2.45, 2.75) is 26.1 Å². The maximum atomic E-state index is 12.3. The van der Waals surface area contributed by atoms with Gasteiger partial charge in [0.15, 0.2) is 0 Å². The number of aryl methyl sites for hydroxylation is 1. The fourth-order valence-corrected chi connectivity index (χ4v) is 2.81. The lowest BCUT2D eigenvalue weighted by Crippen LogP contribution is -2.35. The van der Waals surface area contributed by atoms with Crippen LogP contribution in [0.25, 0.3) is 11.8 Å². The fourth-order valence-electron chi connectivity index (χ4n) is 2.59. The van der Waals surface area contributed by atoms with E-state index in [1.165, 1.54) is 12.1 Å². The van der Waals surface area contributed by atoms with Crippen molar-refractivity contribution in [2.24, 2.45) is 5.73 Å². The second-order valence-corrected chi connectivity index (χ2v) is 6.08.